The maximum absolute atomic E-state index is 12.8. The summed E-state index contributed by atoms with van der Waals surface area (Å²) in [7, 11) is 0. The highest BCUT2D eigenvalue weighted by Gasteiger charge is 2.20. The molecule has 0 fully saturated rings. The average molecular weight is 460 g/mol. The van der Waals surface area contributed by atoms with Crippen LogP contribution in [0.5, 0.6) is 5.75 Å². The number of aromatic amines is 2. The van der Waals surface area contributed by atoms with Crippen molar-refractivity contribution in [3.63, 3.8) is 0 Å². The molecular formula is C19H15Cl2N7O3. The van der Waals surface area contributed by atoms with Gasteiger partial charge in [-0.2, -0.15) is 5.10 Å². The van der Waals surface area contributed by atoms with Crippen LogP contribution in [0.25, 0.3) is 10.9 Å². The molecule has 0 aliphatic heterocycles. The van der Waals surface area contributed by atoms with Crippen molar-refractivity contribution in [3.05, 3.63) is 74.1 Å². The molecular weight excluding hydrogens is 445 g/mol. The van der Waals surface area contributed by atoms with Crippen molar-refractivity contribution in [3.8, 4) is 5.75 Å². The molecule has 0 radical (unpaired) electrons. The van der Waals surface area contributed by atoms with Gasteiger partial charge in [0.15, 0.2) is 11.4 Å². The number of hydrogen-bond acceptors (Lipinski definition) is 7. The van der Waals surface area contributed by atoms with Crippen LogP contribution in [0.15, 0.2) is 41.3 Å². The molecule has 0 unspecified atom stereocenters. The first-order valence-corrected chi connectivity index (χ1v) is 9.74. The van der Waals surface area contributed by atoms with Crippen LogP contribution in [-0.2, 0) is 13.1 Å². The van der Waals surface area contributed by atoms with E-state index in [1.807, 2.05) is 0 Å². The molecule has 0 saturated heterocycles. The number of anilines is 1. The maximum Gasteiger partial charge on any atom is 0.340 e. The van der Waals surface area contributed by atoms with Crippen LogP contribution in [0.2, 0.25) is 10.0 Å². The zero-order valence-corrected chi connectivity index (χ0v) is 17.3. The third-order valence-electron chi connectivity index (χ3n) is 4.30. The van der Waals surface area contributed by atoms with Gasteiger partial charge in [-0.25, -0.2) is 14.9 Å². The number of nitrogens with one attached hydrogen (secondary N) is 4. The number of aromatic nitrogens is 5. The number of carbonyl (C=O) groups is 1. The molecule has 0 aliphatic rings. The van der Waals surface area contributed by atoms with Crippen molar-refractivity contribution in [1.29, 1.82) is 0 Å². The zero-order valence-electron chi connectivity index (χ0n) is 15.7. The fraction of sp³-hybridized carbons (Fsp3) is 0.105. The summed E-state index contributed by atoms with van der Waals surface area (Å²) in [6.07, 6.45) is 1.49. The van der Waals surface area contributed by atoms with Crippen LogP contribution in [0.1, 0.15) is 21.9 Å². The lowest BCUT2D eigenvalue weighted by molar-refractivity contribution is 0.0943. The van der Waals surface area contributed by atoms with Crippen molar-refractivity contribution >= 4 is 45.8 Å². The molecule has 3 heterocycles. The molecule has 0 saturated carbocycles. The smallest absolute Gasteiger partial charge is 0.340 e. The number of fused-ring (bicyclic) bond motifs is 1. The van der Waals surface area contributed by atoms with Crippen LogP contribution < -0.4 is 16.3 Å². The molecule has 0 atom stereocenters. The number of pyridine rings is 2. The Hall–Kier alpha value is -3.63. The van der Waals surface area contributed by atoms with E-state index in [-0.39, 0.29) is 30.0 Å². The van der Waals surface area contributed by atoms with Gasteiger partial charge in [0.1, 0.15) is 17.2 Å². The summed E-state index contributed by atoms with van der Waals surface area (Å²) in [6, 6.07) is 8.29. The molecule has 4 aromatic rings. The Morgan fingerprint density at radius 2 is 1.94 bits per heavy atom. The predicted molar refractivity (Wildman–Crippen MR) is 115 cm³/mol. The van der Waals surface area contributed by atoms with E-state index in [0.717, 1.165) is 0 Å². The van der Waals surface area contributed by atoms with Gasteiger partial charge in [0.2, 0.25) is 0 Å². The highest BCUT2D eigenvalue weighted by Crippen LogP contribution is 2.30. The van der Waals surface area contributed by atoms with Crippen LogP contribution >= 0.6 is 23.2 Å². The van der Waals surface area contributed by atoms with Gasteiger partial charge in [0.25, 0.3) is 5.91 Å². The summed E-state index contributed by atoms with van der Waals surface area (Å²) in [5.41, 5.74) is 0.233. The van der Waals surface area contributed by atoms with E-state index < -0.39 is 11.6 Å². The first kappa shape index (κ1) is 20.6. The molecule has 12 heteroatoms. The molecule has 4 rings (SSSR count). The van der Waals surface area contributed by atoms with Gasteiger partial charge in [-0.1, -0.05) is 23.2 Å². The Labute approximate surface area is 184 Å². The summed E-state index contributed by atoms with van der Waals surface area (Å²) in [4.78, 5) is 34.9. The molecule has 0 aliphatic carbocycles. The summed E-state index contributed by atoms with van der Waals surface area (Å²) >= 11 is 12.0. The Kier molecular flexibility index (Phi) is 5.74. The third kappa shape index (κ3) is 4.60. The fourth-order valence-electron chi connectivity index (χ4n) is 2.95. The molecule has 1 aromatic carbocycles. The summed E-state index contributed by atoms with van der Waals surface area (Å²) in [5, 5.41) is 23.7. The van der Waals surface area contributed by atoms with E-state index in [4.69, 9.17) is 23.2 Å². The minimum absolute atomic E-state index is 0.123. The summed E-state index contributed by atoms with van der Waals surface area (Å²) in [5.74, 6) is -0.324. The minimum Gasteiger partial charge on any atom is -0.504 e. The lowest BCUT2D eigenvalue weighted by Crippen LogP contribution is -2.24. The number of carbonyl (C=O) groups excluding carboxylic acids is 1. The van der Waals surface area contributed by atoms with Crippen molar-refractivity contribution < 1.29 is 9.90 Å². The first-order chi connectivity index (χ1) is 14.9. The Morgan fingerprint density at radius 3 is 2.65 bits per heavy atom. The van der Waals surface area contributed by atoms with Gasteiger partial charge in [0.05, 0.1) is 6.54 Å². The summed E-state index contributed by atoms with van der Waals surface area (Å²) < 4.78 is 0. The van der Waals surface area contributed by atoms with E-state index in [2.05, 4.69) is 35.8 Å². The van der Waals surface area contributed by atoms with Gasteiger partial charge in [-0.15, -0.1) is 0 Å². The molecule has 0 spiro atoms. The number of benzene rings is 1. The van der Waals surface area contributed by atoms with Crippen LogP contribution in [0.3, 0.4) is 0 Å². The van der Waals surface area contributed by atoms with Crippen molar-refractivity contribution in [2.45, 2.75) is 13.1 Å². The average Bonchev–Trinajstić information content (AvgIpc) is 3.16. The Balaban J connectivity index is 1.62. The quantitative estimate of drug-likeness (QED) is 0.297. The molecule has 158 valence electrons. The normalized spacial score (nSPS) is 10.9. The van der Waals surface area contributed by atoms with Gasteiger partial charge in [0, 0.05) is 28.2 Å². The second kappa shape index (κ2) is 8.62. The number of halogens is 2. The van der Waals surface area contributed by atoms with Crippen LogP contribution in [0.4, 0.5) is 5.82 Å². The number of aromatic hydroxyl groups is 1. The van der Waals surface area contributed by atoms with Crippen LogP contribution in [-0.4, -0.2) is 36.2 Å². The van der Waals surface area contributed by atoms with Gasteiger partial charge >= 0.3 is 5.69 Å². The SMILES string of the molecule is O=C(NCc1cc(Cl)cc(Cl)c1)c1nc(NCc2n[nH]c(=O)[nH]2)c2cccnc2c1O. The number of rotatable bonds is 6. The van der Waals surface area contributed by atoms with Crippen LogP contribution in [0, 0.1) is 0 Å². The number of hydrogen-bond donors (Lipinski definition) is 5. The Bertz CT molecular complexity index is 1320. The highest BCUT2D eigenvalue weighted by atomic mass is 35.5. The van der Waals surface area contributed by atoms with E-state index in [1.165, 1.54) is 6.20 Å². The number of H-pyrrole nitrogens is 2. The second-order valence-corrected chi connectivity index (χ2v) is 7.37. The first-order valence-electron chi connectivity index (χ1n) is 8.99. The highest BCUT2D eigenvalue weighted by molar-refractivity contribution is 6.34. The fourth-order valence-corrected chi connectivity index (χ4v) is 3.52. The molecule has 0 bridgehead atoms. The molecule has 1 amide bonds. The monoisotopic (exact) mass is 459 g/mol. The lowest BCUT2D eigenvalue weighted by atomic mass is 10.2. The van der Waals surface area contributed by atoms with E-state index >= 15 is 0 Å². The predicted octanol–water partition coefficient (Wildman–Crippen LogP) is 2.60. The van der Waals surface area contributed by atoms with E-state index in [9.17, 15) is 14.7 Å². The van der Waals surface area contributed by atoms with Gasteiger partial charge < -0.3 is 15.7 Å². The van der Waals surface area contributed by atoms with Gasteiger partial charge in [-0.05, 0) is 35.9 Å². The number of nitrogens with zero attached hydrogens (tertiary/aromatic N) is 3. The largest absolute Gasteiger partial charge is 0.504 e. The molecule has 3 aromatic heterocycles. The lowest BCUT2D eigenvalue weighted by Gasteiger charge is -2.13. The van der Waals surface area contributed by atoms with Crippen molar-refractivity contribution in [2.24, 2.45) is 0 Å². The van der Waals surface area contributed by atoms with E-state index in [0.29, 0.717) is 32.6 Å². The van der Waals surface area contributed by atoms with Crippen molar-refractivity contribution in [2.75, 3.05) is 5.32 Å². The summed E-state index contributed by atoms with van der Waals surface area (Å²) in [6.45, 7) is 0.250. The Morgan fingerprint density at radius 1 is 1.16 bits per heavy atom. The van der Waals surface area contributed by atoms with Crippen molar-refractivity contribution in [1.82, 2.24) is 30.5 Å². The van der Waals surface area contributed by atoms with E-state index in [1.54, 1.807) is 30.3 Å². The number of amides is 1. The molecule has 10 nitrogen and oxygen atoms in total. The second-order valence-electron chi connectivity index (χ2n) is 6.50. The molecule has 31 heavy (non-hydrogen) atoms. The molecule has 5 N–H and O–H groups in total. The topological polar surface area (TPSA) is 149 Å². The maximum atomic E-state index is 12.8. The minimum atomic E-state index is -0.614. The standard InChI is InChI=1S/C19H15Cl2N7O3/c20-10-4-9(5-11(21)6-10)7-24-18(30)15-16(29)14-12(2-1-3-22-14)17(26-15)23-8-13-25-19(31)28-27-13/h1-6,29H,7-8H2,(H,23,26)(H,24,30)(H2,25,27,28,31). The third-order valence-corrected chi connectivity index (χ3v) is 4.74. The van der Waals surface area contributed by atoms with Gasteiger partial charge in [-0.3, -0.25) is 14.8 Å². The zero-order chi connectivity index (χ0) is 22.0.